The van der Waals surface area contributed by atoms with Gasteiger partial charge in [-0.3, -0.25) is 0 Å². The van der Waals surface area contributed by atoms with E-state index in [-0.39, 0.29) is 12.1 Å². The Morgan fingerprint density at radius 3 is 2.28 bits per heavy atom. The number of hydrogen-bond acceptors (Lipinski definition) is 2. The van der Waals surface area contributed by atoms with Gasteiger partial charge in [-0.15, -0.1) is 0 Å². The molecule has 0 aliphatic carbocycles. The van der Waals surface area contributed by atoms with E-state index in [4.69, 9.17) is 0 Å². The van der Waals surface area contributed by atoms with E-state index in [1.54, 1.807) is 0 Å². The molecule has 0 radical (unpaired) electrons. The summed E-state index contributed by atoms with van der Waals surface area (Å²) >= 11 is 0. The summed E-state index contributed by atoms with van der Waals surface area (Å²) in [5.41, 5.74) is 0.227. The molecular formula is C15H26O2Si. The summed E-state index contributed by atoms with van der Waals surface area (Å²) in [6, 6.07) is 10.5. The van der Waals surface area contributed by atoms with Gasteiger partial charge in [0, 0.05) is 0 Å². The summed E-state index contributed by atoms with van der Waals surface area (Å²) in [6.07, 6.45) is 2.67. The van der Waals surface area contributed by atoms with Gasteiger partial charge in [0.05, 0.1) is 20.8 Å². The topological polar surface area (TPSA) is 40.5 Å². The van der Waals surface area contributed by atoms with E-state index in [0.717, 1.165) is 19.3 Å². The quantitative estimate of drug-likeness (QED) is 0.745. The molecule has 0 heterocycles. The molecule has 0 aromatic heterocycles. The molecule has 0 saturated carbocycles. The van der Waals surface area contributed by atoms with Crippen molar-refractivity contribution in [3.05, 3.63) is 30.3 Å². The third-order valence-corrected chi connectivity index (χ3v) is 8.31. The fourth-order valence-corrected chi connectivity index (χ4v) is 6.14. The van der Waals surface area contributed by atoms with Crippen LogP contribution in [0.4, 0.5) is 0 Å². The van der Waals surface area contributed by atoms with E-state index in [1.165, 1.54) is 5.19 Å². The zero-order valence-electron chi connectivity index (χ0n) is 11.8. The van der Waals surface area contributed by atoms with E-state index in [1.807, 2.05) is 6.07 Å². The van der Waals surface area contributed by atoms with Crippen molar-refractivity contribution in [3.63, 3.8) is 0 Å². The summed E-state index contributed by atoms with van der Waals surface area (Å²) in [5, 5.41) is 20.8. The summed E-state index contributed by atoms with van der Waals surface area (Å²) in [7, 11) is -1.74. The second-order valence-corrected chi connectivity index (χ2v) is 10.3. The largest absolute Gasteiger partial charge is 0.394 e. The molecule has 2 atom stereocenters. The maximum Gasteiger partial charge on any atom is 0.0863 e. The molecule has 1 rings (SSSR count). The first-order valence-electron chi connectivity index (χ1n) is 6.88. The Balaban J connectivity index is 2.95. The Kier molecular flexibility index (Phi) is 6.06. The number of unbranched alkanes of at least 4 members (excludes halogenated alkanes) is 1. The molecule has 0 unspecified atom stereocenters. The normalized spacial score (nSPS) is 15.4. The zero-order chi connectivity index (χ0) is 13.6. The van der Waals surface area contributed by atoms with Crippen LogP contribution in [0.15, 0.2) is 30.3 Å². The Hall–Kier alpha value is -0.643. The standard InChI is InChI=1S/C15H26O2Si/c1-4-5-11-15(14(17)12-16)18(2,3)13-9-7-6-8-10-13/h6-10,14-17H,4-5,11-12H2,1-3H3/t14-,15-/m0/s1. The highest BCUT2D eigenvalue weighted by atomic mass is 28.3. The maximum absolute atomic E-state index is 10.1. The van der Waals surface area contributed by atoms with E-state index in [0.29, 0.717) is 0 Å². The predicted octanol–water partition coefficient (Wildman–Crippen LogP) is 2.52. The Bertz CT molecular complexity index is 338. The van der Waals surface area contributed by atoms with Gasteiger partial charge < -0.3 is 10.2 Å². The number of aliphatic hydroxyl groups excluding tert-OH is 2. The monoisotopic (exact) mass is 266 g/mol. The minimum absolute atomic E-state index is 0.127. The fraction of sp³-hybridized carbons (Fsp3) is 0.600. The van der Waals surface area contributed by atoms with Gasteiger partial charge in [0.2, 0.25) is 0 Å². The van der Waals surface area contributed by atoms with Crippen LogP contribution in [-0.2, 0) is 0 Å². The summed E-state index contributed by atoms with van der Waals surface area (Å²) in [4.78, 5) is 0. The molecule has 0 aliphatic rings. The third-order valence-electron chi connectivity index (χ3n) is 3.96. The molecule has 0 bridgehead atoms. The van der Waals surface area contributed by atoms with Gasteiger partial charge in [0.1, 0.15) is 0 Å². The van der Waals surface area contributed by atoms with Crippen molar-refractivity contribution in [2.45, 2.75) is 50.9 Å². The minimum Gasteiger partial charge on any atom is -0.394 e. The smallest absolute Gasteiger partial charge is 0.0863 e. The van der Waals surface area contributed by atoms with E-state index in [9.17, 15) is 10.2 Å². The molecule has 0 fully saturated rings. The van der Waals surface area contributed by atoms with Gasteiger partial charge in [-0.1, -0.05) is 68.4 Å². The van der Waals surface area contributed by atoms with Crippen LogP contribution in [0.1, 0.15) is 26.2 Å². The van der Waals surface area contributed by atoms with Gasteiger partial charge in [-0.25, -0.2) is 0 Å². The first kappa shape index (κ1) is 15.4. The van der Waals surface area contributed by atoms with Crippen molar-refractivity contribution in [1.82, 2.24) is 0 Å². The van der Waals surface area contributed by atoms with Crippen molar-refractivity contribution in [2.24, 2.45) is 0 Å². The van der Waals surface area contributed by atoms with Crippen LogP contribution in [0.2, 0.25) is 18.6 Å². The lowest BCUT2D eigenvalue weighted by Gasteiger charge is -2.36. The van der Waals surface area contributed by atoms with Crippen LogP contribution in [0, 0.1) is 0 Å². The maximum atomic E-state index is 10.1. The second kappa shape index (κ2) is 7.07. The molecule has 0 saturated heterocycles. The van der Waals surface area contributed by atoms with Crippen molar-refractivity contribution < 1.29 is 10.2 Å². The minimum atomic E-state index is -1.74. The van der Waals surface area contributed by atoms with Crippen molar-refractivity contribution in [1.29, 1.82) is 0 Å². The molecule has 102 valence electrons. The fourth-order valence-electron chi connectivity index (χ4n) is 2.67. The lowest BCUT2D eigenvalue weighted by atomic mass is 10.1. The number of hydrogen-bond donors (Lipinski definition) is 2. The Morgan fingerprint density at radius 2 is 1.78 bits per heavy atom. The van der Waals surface area contributed by atoms with Crippen LogP contribution in [-0.4, -0.2) is 31.0 Å². The number of rotatable bonds is 7. The third kappa shape index (κ3) is 3.67. The summed E-state index contributed by atoms with van der Waals surface area (Å²) in [5.74, 6) is 0. The number of benzene rings is 1. The van der Waals surface area contributed by atoms with Gasteiger partial charge in [-0.2, -0.15) is 0 Å². The first-order chi connectivity index (χ1) is 8.54. The van der Waals surface area contributed by atoms with E-state index >= 15 is 0 Å². The van der Waals surface area contributed by atoms with E-state index in [2.05, 4.69) is 44.3 Å². The molecule has 0 aliphatic heterocycles. The van der Waals surface area contributed by atoms with Crippen molar-refractivity contribution >= 4 is 13.3 Å². The molecule has 2 N–H and O–H groups in total. The van der Waals surface area contributed by atoms with Crippen LogP contribution in [0.3, 0.4) is 0 Å². The highest BCUT2D eigenvalue weighted by Gasteiger charge is 2.37. The average Bonchev–Trinajstić information content (AvgIpc) is 2.39. The molecule has 3 heteroatoms. The van der Waals surface area contributed by atoms with Crippen LogP contribution < -0.4 is 5.19 Å². The van der Waals surface area contributed by atoms with Gasteiger partial charge >= 0.3 is 0 Å². The molecule has 18 heavy (non-hydrogen) atoms. The van der Waals surface area contributed by atoms with Crippen LogP contribution in [0.5, 0.6) is 0 Å². The Labute approximate surface area is 112 Å². The second-order valence-electron chi connectivity index (χ2n) is 5.59. The van der Waals surface area contributed by atoms with Crippen molar-refractivity contribution in [2.75, 3.05) is 6.61 Å². The molecule has 0 spiro atoms. The lowest BCUT2D eigenvalue weighted by Crippen LogP contribution is -2.50. The average molecular weight is 266 g/mol. The molecule has 2 nitrogen and oxygen atoms in total. The van der Waals surface area contributed by atoms with Gasteiger partial charge in [0.25, 0.3) is 0 Å². The Morgan fingerprint density at radius 1 is 1.17 bits per heavy atom. The summed E-state index contributed by atoms with van der Waals surface area (Å²) < 4.78 is 0. The van der Waals surface area contributed by atoms with Crippen molar-refractivity contribution in [3.8, 4) is 0 Å². The van der Waals surface area contributed by atoms with Gasteiger partial charge in [-0.05, 0) is 12.0 Å². The first-order valence-corrected chi connectivity index (χ1v) is 9.96. The SMILES string of the molecule is CCCC[C@@H]([C@@H](O)CO)[Si](C)(C)c1ccccc1. The predicted molar refractivity (Wildman–Crippen MR) is 79.9 cm³/mol. The molecular weight excluding hydrogens is 240 g/mol. The lowest BCUT2D eigenvalue weighted by molar-refractivity contribution is 0.0846. The van der Waals surface area contributed by atoms with Crippen LogP contribution >= 0.6 is 0 Å². The van der Waals surface area contributed by atoms with Crippen LogP contribution in [0.25, 0.3) is 0 Å². The molecule has 1 aromatic carbocycles. The van der Waals surface area contributed by atoms with E-state index < -0.39 is 14.2 Å². The highest BCUT2D eigenvalue weighted by Crippen LogP contribution is 2.31. The number of aliphatic hydroxyl groups is 2. The highest BCUT2D eigenvalue weighted by molar-refractivity contribution is 6.91. The summed E-state index contributed by atoms with van der Waals surface area (Å²) in [6.45, 7) is 6.63. The zero-order valence-corrected chi connectivity index (χ0v) is 12.8. The molecule has 1 aromatic rings. The van der Waals surface area contributed by atoms with Gasteiger partial charge in [0.15, 0.2) is 0 Å². The molecule has 0 amide bonds.